The number of hydrogen-bond donors (Lipinski definition) is 7. The van der Waals surface area contributed by atoms with Crippen LogP contribution in [0.25, 0.3) is 0 Å². The summed E-state index contributed by atoms with van der Waals surface area (Å²) in [5.41, 5.74) is -0.811. The minimum atomic E-state index is -4.05. The second-order valence-electron chi connectivity index (χ2n) is 28.3. The van der Waals surface area contributed by atoms with Gasteiger partial charge < -0.3 is 55.3 Å². The normalized spacial score (nSPS) is 21.9. The second-order valence-corrected chi connectivity index (χ2v) is 46.5. The highest BCUT2D eigenvalue weighted by Crippen LogP contribution is 2.55. The number of aliphatic hydroxyl groups is 6. The molecule has 0 unspecified atom stereocenters. The molecule has 115 heavy (non-hydrogen) atoms. The fourth-order valence-corrected chi connectivity index (χ4v) is 23.3. The summed E-state index contributed by atoms with van der Waals surface area (Å²) in [4.78, 5) is 102. The molecule has 12 atom stereocenters. The summed E-state index contributed by atoms with van der Waals surface area (Å²) in [6, 6.07) is 3.83. The van der Waals surface area contributed by atoms with Crippen LogP contribution in [-0.2, 0) is 55.2 Å². The molecule has 0 aromatic carbocycles. The first-order valence-corrected chi connectivity index (χ1v) is 51.3. The lowest BCUT2D eigenvalue weighted by molar-refractivity contribution is 0.0406. The van der Waals surface area contributed by atoms with Crippen molar-refractivity contribution in [1.29, 1.82) is 0 Å². The Morgan fingerprint density at radius 3 is 1.03 bits per heavy atom. The number of nitrogens with zero attached hydrogens (tertiary/aromatic N) is 8. The number of rotatable bonds is 40. The Kier molecular flexibility index (Phi) is 46.5. The van der Waals surface area contributed by atoms with E-state index in [0.29, 0.717) is 55.8 Å². The van der Waals surface area contributed by atoms with E-state index in [1.54, 1.807) is 96.9 Å². The van der Waals surface area contributed by atoms with Gasteiger partial charge in [-0.05, 0) is 101 Å². The highest BCUT2D eigenvalue weighted by Gasteiger charge is 2.49. The molecule has 3 fully saturated rings. The number of amides is 4. The third-order valence-corrected chi connectivity index (χ3v) is 31.6. The van der Waals surface area contributed by atoms with Crippen LogP contribution in [0, 0.1) is 11.8 Å². The highest BCUT2D eigenvalue weighted by atomic mass is 33.1. The van der Waals surface area contributed by atoms with Crippen molar-refractivity contribution in [2.24, 2.45) is 11.8 Å². The molecule has 3 aliphatic heterocycles. The number of alkyl halides is 3. The fourth-order valence-electron chi connectivity index (χ4n) is 9.31. The van der Waals surface area contributed by atoms with Gasteiger partial charge in [0.25, 0.3) is 0 Å². The Balaban J connectivity index is 0.000000375. The Hall–Kier alpha value is -2.46. The molecule has 3 aromatic heterocycles. The van der Waals surface area contributed by atoms with Crippen LogP contribution >= 0.6 is 137 Å². The van der Waals surface area contributed by atoms with Crippen LogP contribution < -0.4 is 32.6 Å². The number of aromatic nitrogens is 6. The average molecular weight is 1890 g/mol. The lowest BCUT2D eigenvalue weighted by Gasteiger charge is -2.28. The number of hydrogen-bond acceptors (Lipinski definition) is 40. The molecule has 0 radical (unpaired) electrons. The summed E-state index contributed by atoms with van der Waals surface area (Å²) in [6.45, 7) is 22.3. The zero-order valence-corrected chi connectivity index (χ0v) is 76.7. The van der Waals surface area contributed by atoms with E-state index in [1.807, 2.05) is 0 Å². The van der Waals surface area contributed by atoms with Crippen molar-refractivity contribution < 1.29 is 118 Å². The maximum Gasteiger partial charge on any atom is 0.474 e. The topological polar surface area (TPSA) is 453 Å². The van der Waals surface area contributed by atoms with E-state index in [2.05, 4.69) is 15.0 Å². The van der Waals surface area contributed by atoms with Gasteiger partial charge in [-0.15, -0.1) is 35.3 Å². The number of phosphoric acid groups is 2. The van der Waals surface area contributed by atoms with Crippen molar-refractivity contribution >= 4 is 179 Å². The number of nitrogens with two attached hydrogens (primary N) is 1. The smallest absolute Gasteiger partial charge is 0.443 e. The fraction of sp³-hybridized carbons (Fsp3) is 0.754. The van der Waals surface area contributed by atoms with Gasteiger partial charge in [0.15, 0.2) is 17.8 Å². The van der Waals surface area contributed by atoms with Gasteiger partial charge in [0.2, 0.25) is 0 Å². The van der Waals surface area contributed by atoms with E-state index in [9.17, 15) is 61.7 Å². The molecule has 6 rings (SSSR count). The monoisotopic (exact) mass is 1880 g/mol. The molecular weight excluding hydrogens is 1780 g/mol. The van der Waals surface area contributed by atoms with Gasteiger partial charge in [-0.3, -0.25) is 40.8 Å². The maximum atomic E-state index is 15.7. The van der Waals surface area contributed by atoms with Crippen LogP contribution in [0.2, 0.25) is 0 Å². The van der Waals surface area contributed by atoms with Gasteiger partial charge in [-0.25, -0.2) is 55.9 Å². The Morgan fingerprint density at radius 1 is 0.452 bits per heavy atom. The van der Waals surface area contributed by atoms with Gasteiger partial charge in [0, 0.05) is 86.9 Å². The van der Waals surface area contributed by atoms with Crippen LogP contribution in [0.1, 0.15) is 113 Å². The summed E-state index contributed by atoms with van der Waals surface area (Å²) >= 11 is 3.17. The molecule has 0 spiro atoms. The lowest BCUT2D eigenvalue weighted by Crippen LogP contribution is -2.45. The first-order valence-electron chi connectivity index (χ1n) is 35.6. The zero-order valence-electron chi connectivity index (χ0n) is 65.9. The Bertz CT molecular complexity index is 3690. The van der Waals surface area contributed by atoms with Gasteiger partial charge in [-0.2, -0.15) is 24.8 Å². The summed E-state index contributed by atoms with van der Waals surface area (Å²) in [5, 5.41) is 50.5. The molecule has 0 bridgehead atoms. The molecule has 3 saturated heterocycles. The molecular formula is C65H106F3N9O25P2S11. The van der Waals surface area contributed by atoms with E-state index in [4.69, 9.17) is 72.2 Å². The van der Waals surface area contributed by atoms with Crippen molar-refractivity contribution in [2.75, 3.05) is 134 Å². The predicted octanol–water partition coefficient (Wildman–Crippen LogP) is 12.0. The molecule has 8 N–H and O–H groups in total. The van der Waals surface area contributed by atoms with Crippen LogP contribution in [0.5, 0.6) is 0 Å². The van der Waals surface area contributed by atoms with Gasteiger partial charge >= 0.3 is 57.1 Å². The average Bonchev–Trinajstić information content (AvgIpc) is 1.68. The highest BCUT2D eigenvalue weighted by molar-refractivity contribution is 8.77. The third kappa shape index (κ3) is 36.9. The van der Waals surface area contributed by atoms with E-state index >= 15 is 4.39 Å². The minimum absolute atomic E-state index is 0.00108. The number of thioether (sulfide) groups is 3. The number of nitrogen functional groups attached to an aromatic ring is 1. The summed E-state index contributed by atoms with van der Waals surface area (Å²) in [5.74, 6) is 2.26. The number of carbonyl (C=O) groups is 4. The maximum absolute atomic E-state index is 15.7. The van der Waals surface area contributed by atoms with E-state index < -0.39 is 143 Å². The standard InChI is InChI=1S/C28H47FN3O11PS5.C20H30FN3O6S.C17H29FN3O8PS5/c1-19-20(18-41-44(38,39-12-16-47-45-14-10-33)40-13-17-48-46-15-11-34)49-23(22(19)29)31-9-8-21(30-24(31)35)32(25(36)42-27(2,3)4)26(37)43-28(5,6)7;1-11-12(10-25)31-15(14(11)21)23-9-8-13(22-16(23)26)24(17(27)29-19(2,3)4)18(28)30-20(5,6)7;18-14-15(24)12(35-16(14)21-2-1-13(19)20-17(21)25)11-29-30(26,27-5-9-33-31-7-3-22)28-6-10-34-32-8-4-23/h8-9,19-20,22-23,33-34H,10-18H2,1-7H3;8-9,11-12,14-15,25H,10H2,1-7H3;1-2,12,14-16,22-24H,3-11H2,(H2,19,20,25)/t19-,20-,22+,23-;11-,12-,14+,15-;12-,14+,15-,16-/m111/s1. The summed E-state index contributed by atoms with van der Waals surface area (Å²) in [7, 11) is 3.39. The van der Waals surface area contributed by atoms with Crippen molar-refractivity contribution in [1.82, 2.24) is 28.7 Å². The zero-order chi connectivity index (χ0) is 86.2. The van der Waals surface area contributed by atoms with Crippen LogP contribution in [0.4, 0.5) is 49.8 Å². The SMILES string of the molecule is C[C@H]1[C@H](F)[C@H](n2ccc(N(C(=O)OC(C)(C)C)C(=O)OC(C)(C)C)nc2=O)S[C@@H]1CO.C[C@H]1[C@H](F)[C@H](n2ccc(N(C(=O)OC(C)(C)C)C(=O)OC(C)(C)C)nc2=O)S[C@@H]1COP(=O)(OCCSSCCO)OCCSSCCO.Nc1ccn([C@@H]2S[C@H](COP(=O)(OCCSSCCO)OCCSSCCO)[C@@H](O)[C@@H]2F)c(=O)n1. The Morgan fingerprint density at radius 2 is 0.730 bits per heavy atom. The molecule has 6 heterocycles. The number of imide groups is 2. The number of phosphoric ester groups is 2. The van der Waals surface area contributed by atoms with Crippen molar-refractivity contribution in [3.05, 3.63) is 68.2 Å². The molecule has 50 heteroatoms. The quantitative estimate of drug-likeness (QED) is 0.0120. The molecule has 3 aliphatic rings. The van der Waals surface area contributed by atoms with Crippen molar-refractivity contribution in [3.8, 4) is 0 Å². The molecule has 658 valence electrons. The van der Waals surface area contributed by atoms with Crippen LogP contribution in [0.3, 0.4) is 0 Å². The van der Waals surface area contributed by atoms with Gasteiger partial charge in [-0.1, -0.05) is 100 Å². The molecule has 0 saturated carbocycles. The van der Waals surface area contributed by atoms with Gasteiger partial charge in [0.05, 0.1) is 77.9 Å². The molecule has 34 nitrogen and oxygen atoms in total. The van der Waals surface area contributed by atoms with E-state index in [1.165, 1.54) is 123 Å². The number of anilines is 3. The molecule has 3 aromatic rings. The molecule has 4 amide bonds. The van der Waals surface area contributed by atoms with Crippen LogP contribution in [0.15, 0.2) is 51.2 Å². The first-order chi connectivity index (χ1) is 53.9. The lowest BCUT2D eigenvalue weighted by atomic mass is 10.0. The van der Waals surface area contributed by atoms with Crippen molar-refractivity contribution in [2.45, 2.75) is 176 Å². The Labute approximate surface area is 710 Å². The first kappa shape index (κ1) is 105. The second kappa shape index (κ2) is 51.0. The predicted molar refractivity (Wildman–Crippen MR) is 456 cm³/mol. The minimum Gasteiger partial charge on any atom is -0.443 e. The third-order valence-electron chi connectivity index (χ3n) is 14.4. The van der Waals surface area contributed by atoms with E-state index in [-0.39, 0.29) is 95.4 Å². The van der Waals surface area contributed by atoms with Gasteiger partial charge in [0.1, 0.15) is 62.8 Å². The largest absolute Gasteiger partial charge is 0.474 e. The molecule has 0 aliphatic carbocycles. The number of aliphatic hydroxyl groups excluding tert-OH is 6. The van der Waals surface area contributed by atoms with Crippen molar-refractivity contribution in [3.63, 3.8) is 0 Å². The summed E-state index contributed by atoms with van der Waals surface area (Å²) < 4.78 is 129. The van der Waals surface area contributed by atoms with E-state index in [0.717, 1.165) is 49.0 Å². The number of carbonyl (C=O) groups excluding carboxylic acids is 4. The summed E-state index contributed by atoms with van der Waals surface area (Å²) in [6.07, 6.45) is -6.70. The van der Waals surface area contributed by atoms with Crippen LogP contribution in [-0.4, -0.2) is 265 Å². The number of ether oxygens (including phenoxy) is 4. The number of halogens is 3.